The van der Waals surface area contributed by atoms with E-state index in [0.29, 0.717) is 6.42 Å². The van der Waals surface area contributed by atoms with Crippen molar-refractivity contribution in [2.24, 2.45) is 5.92 Å². The Bertz CT molecular complexity index is 452. The van der Waals surface area contributed by atoms with Crippen LogP contribution in [0.5, 0.6) is 0 Å². The molecular weight excluding hydrogens is 242 g/mol. The second kappa shape index (κ2) is 4.85. The van der Waals surface area contributed by atoms with E-state index in [4.69, 9.17) is 0 Å². The highest BCUT2D eigenvalue weighted by atomic mass is 16.4. The molecule has 1 aromatic rings. The lowest BCUT2D eigenvalue weighted by Gasteiger charge is -2.35. The third-order valence-corrected chi connectivity index (χ3v) is 3.95. The molecule has 19 heavy (non-hydrogen) atoms. The molecule has 1 aromatic carbocycles. The van der Waals surface area contributed by atoms with Crippen molar-refractivity contribution in [2.45, 2.75) is 44.9 Å². The van der Waals surface area contributed by atoms with Crippen molar-refractivity contribution in [2.75, 3.05) is 0 Å². The molecule has 4 heteroatoms. The highest BCUT2D eigenvalue weighted by molar-refractivity contribution is 5.67. The second-order valence-electron chi connectivity index (χ2n) is 5.93. The fourth-order valence-corrected chi connectivity index (χ4v) is 3.08. The molecule has 0 spiro atoms. The van der Waals surface area contributed by atoms with Gasteiger partial charge in [0.05, 0.1) is 17.7 Å². The molecule has 4 nitrogen and oxygen atoms in total. The number of hydrogen-bond acceptors (Lipinski definition) is 2. The van der Waals surface area contributed by atoms with Gasteiger partial charge in [0.2, 0.25) is 0 Å². The minimum absolute atomic E-state index is 0.185. The van der Waals surface area contributed by atoms with Gasteiger partial charge >= 0.3 is 6.09 Å². The maximum atomic E-state index is 11.6. The van der Waals surface area contributed by atoms with Crippen LogP contribution in [0.15, 0.2) is 30.3 Å². The normalized spacial score (nSPS) is 27.6. The highest BCUT2D eigenvalue weighted by Crippen LogP contribution is 2.43. The number of aliphatic hydroxyl groups is 1. The topological polar surface area (TPSA) is 60.8 Å². The molecule has 0 saturated carbocycles. The summed E-state index contributed by atoms with van der Waals surface area (Å²) in [4.78, 5) is 13.0. The van der Waals surface area contributed by atoms with Crippen LogP contribution in [0.1, 0.15) is 38.8 Å². The van der Waals surface area contributed by atoms with E-state index < -0.39 is 11.7 Å². The van der Waals surface area contributed by atoms with Gasteiger partial charge in [-0.1, -0.05) is 37.3 Å². The van der Waals surface area contributed by atoms with Gasteiger partial charge in [-0.25, -0.2) is 4.79 Å². The first kappa shape index (κ1) is 13.9. The fraction of sp³-hybridized carbons (Fsp3) is 0.533. The standard InChI is InChI=1S/C15H21NO3/c1-10-9-12(15(2,3)19)16(14(17)18)13(10)11-7-5-4-6-8-11/h4-8,10,12-13,19H,9H2,1-3H3,(H,17,18)/t10-,12-,13+/m1/s1. The van der Waals surface area contributed by atoms with Crippen molar-refractivity contribution in [1.82, 2.24) is 4.90 Å². The van der Waals surface area contributed by atoms with Gasteiger partial charge < -0.3 is 10.2 Å². The van der Waals surface area contributed by atoms with Crippen molar-refractivity contribution in [3.8, 4) is 0 Å². The fourth-order valence-electron chi connectivity index (χ4n) is 3.08. The van der Waals surface area contributed by atoms with E-state index in [0.717, 1.165) is 5.56 Å². The maximum absolute atomic E-state index is 11.6. The Morgan fingerprint density at radius 2 is 1.89 bits per heavy atom. The summed E-state index contributed by atoms with van der Waals surface area (Å²) in [5.74, 6) is 0.190. The number of rotatable bonds is 2. The molecule has 2 N–H and O–H groups in total. The number of likely N-dealkylation sites (tertiary alicyclic amines) is 1. The Balaban J connectivity index is 2.40. The molecule has 1 heterocycles. The third-order valence-electron chi connectivity index (χ3n) is 3.95. The number of amides is 1. The predicted molar refractivity (Wildman–Crippen MR) is 72.9 cm³/mol. The van der Waals surface area contributed by atoms with E-state index in [2.05, 4.69) is 0 Å². The number of benzene rings is 1. The molecule has 0 radical (unpaired) electrons. The summed E-state index contributed by atoms with van der Waals surface area (Å²) < 4.78 is 0. The lowest BCUT2D eigenvalue weighted by Crippen LogP contribution is -2.48. The van der Waals surface area contributed by atoms with Crippen LogP contribution in [0.25, 0.3) is 0 Å². The summed E-state index contributed by atoms with van der Waals surface area (Å²) in [7, 11) is 0. The van der Waals surface area contributed by atoms with Crippen molar-refractivity contribution in [1.29, 1.82) is 0 Å². The van der Waals surface area contributed by atoms with E-state index in [1.54, 1.807) is 13.8 Å². The lowest BCUT2D eigenvalue weighted by atomic mass is 9.92. The Kier molecular flexibility index (Phi) is 3.54. The van der Waals surface area contributed by atoms with E-state index >= 15 is 0 Å². The first-order chi connectivity index (χ1) is 8.82. The van der Waals surface area contributed by atoms with Crippen LogP contribution in [0.4, 0.5) is 4.79 Å². The van der Waals surface area contributed by atoms with Crippen LogP contribution in [-0.2, 0) is 0 Å². The first-order valence-corrected chi connectivity index (χ1v) is 6.61. The van der Waals surface area contributed by atoms with Gasteiger partial charge in [-0.05, 0) is 31.7 Å². The second-order valence-corrected chi connectivity index (χ2v) is 5.93. The molecule has 0 aromatic heterocycles. The number of nitrogens with zero attached hydrogens (tertiary/aromatic N) is 1. The average molecular weight is 263 g/mol. The molecule has 0 unspecified atom stereocenters. The van der Waals surface area contributed by atoms with Crippen molar-refractivity contribution in [3.05, 3.63) is 35.9 Å². The summed E-state index contributed by atoms with van der Waals surface area (Å²) in [6.07, 6.45) is -0.291. The maximum Gasteiger partial charge on any atom is 0.408 e. The van der Waals surface area contributed by atoms with Gasteiger partial charge in [0, 0.05) is 0 Å². The van der Waals surface area contributed by atoms with Crippen molar-refractivity contribution < 1.29 is 15.0 Å². The van der Waals surface area contributed by atoms with E-state index in [9.17, 15) is 15.0 Å². The summed E-state index contributed by atoms with van der Waals surface area (Å²) in [6.45, 7) is 5.39. The molecule has 104 valence electrons. The zero-order chi connectivity index (χ0) is 14.2. The Morgan fingerprint density at radius 3 is 2.37 bits per heavy atom. The molecule has 2 rings (SSSR count). The molecular formula is C15H21NO3. The number of hydrogen-bond donors (Lipinski definition) is 2. The molecule has 1 saturated heterocycles. The molecule has 0 aliphatic carbocycles. The highest BCUT2D eigenvalue weighted by Gasteiger charge is 2.48. The van der Waals surface area contributed by atoms with Crippen LogP contribution in [0, 0.1) is 5.92 Å². The Hall–Kier alpha value is -1.55. The number of carboxylic acid groups (broad SMARTS) is 1. The zero-order valence-electron chi connectivity index (χ0n) is 11.6. The van der Waals surface area contributed by atoms with E-state index in [1.165, 1.54) is 4.90 Å². The van der Waals surface area contributed by atoms with Gasteiger partial charge in [0.1, 0.15) is 0 Å². The Morgan fingerprint density at radius 1 is 1.32 bits per heavy atom. The molecule has 3 atom stereocenters. The molecule has 1 aliphatic heterocycles. The zero-order valence-corrected chi connectivity index (χ0v) is 11.6. The van der Waals surface area contributed by atoms with Crippen molar-refractivity contribution >= 4 is 6.09 Å². The van der Waals surface area contributed by atoms with Crippen LogP contribution >= 0.6 is 0 Å². The van der Waals surface area contributed by atoms with Crippen LogP contribution in [-0.4, -0.2) is 32.8 Å². The largest absolute Gasteiger partial charge is 0.465 e. The van der Waals surface area contributed by atoms with Gasteiger partial charge in [0.25, 0.3) is 0 Å². The van der Waals surface area contributed by atoms with Crippen LogP contribution < -0.4 is 0 Å². The average Bonchev–Trinajstić information content (AvgIpc) is 2.68. The quantitative estimate of drug-likeness (QED) is 0.862. The van der Waals surface area contributed by atoms with Gasteiger partial charge in [-0.3, -0.25) is 4.90 Å². The van der Waals surface area contributed by atoms with Crippen molar-refractivity contribution in [3.63, 3.8) is 0 Å². The molecule has 1 aliphatic rings. The molecule has 1 fully saturated rings. The SMILES string of the molecule is C[C@@H]1C[C@H](C(C)(C)O)N(C(=O)O)[C@@H]1c1ccccc1. The molecule has 1 amide bonds. The van der Waals surface area contributed by atoms with Crippen LogP contribution in [0.3, 0.4) is 0 Å². The van der Waals surface area contributed by atoms with Gasteiger partial charge in [0.15, 0.2) is 0 Å². The van der Waals surface area contributed by atoms with Gasteiger partial charge in [-0.15, -0.1) is 0 Å². The number of carbonyl (C=O) groups is 1. The van der Waals surface area contributed by atoms with Gasteiger partial charge in [-0.2, -0.15) is 0 Å². The van der Waals surface area contributed by atoms with Crippen LogP contribution in [0.2, 0.25) is 0 Å². The summed E-state index contributed by atoms with van der Waals surface area (Å²) >= 11 is 0. The molecule has 0 bridgehead atoms. The van der Waals surface area contributed by atoms with E-state index in [-0.39, 0.29) is 18.0 Å². The smallest absolute Gasteiger partial charge is 0.408 e. The summed E-state index contributed by atoms with van der Waals surface area (Å²) in [6, 6.07) is 9.09. The minimum atomic E-state index is -1.03. The Labute approximate surface area is 113 Å². The first-order valence-electron chi connectivity index (χ1n) is 6.61. The predicted octanol–water partition coefficient (Wildman–Crippen LogP) is 2.89. The summed E-state index contributed by atoms with van der Waals surface area (Å²) in [5.41, 5.74) is -0.0416. The third kappa shape index (κ3) is 2.59. The minimum Gasteiger partial charge on any atom is -0.465 e. The lowest BCUT2D eigenvalue weighted by molar-refractivity contribution is -0.00678. The monoisotopic (exact) mass is 263 g/mol. The summed E-state index contributed by atoms with van der Waals surface area (Å²) in [5, 5.41) is 19.7. The van der Waals surface area contributed by atoms with E-state index in [1.807, 2.05) is 37.3 Å².